The van der Waals surface area contributed by atoms with Gasteiger partial charge >= 0.3 is 12.2 Å². The maximum Gasteiger partial charge on any atom is 0.410 e. The first-order chi connectivity index (χ1) is 10.7. The number of halogens is 1. The van der Waals surface area contributed by atoms with Crippen molar-refractivity contribution in [2.75, 3.05) is 47.0 Å². The number of carbonyl (C=O) groups excluding carboxylic acids is 2. The molecule has 1 rings (SSSR count). The van der Waals surface area contributed by atoms with Gasteiger partial charge in [-0.05, 0) is 33.6 Å². The highest BCUT2D eigenvalue weighted by atomic mass is 127. The van der Waals surface area contributed by atoms with Gasteiger partial charge < -0.3 is 19.3 Å². The van der Waals surface area contributed by atoms with Crippen LogP contribution in [-0.4, -0.2) is 79.5 Å². The fraction of sp³-hybridized carbons (Fsp3) is 0.875. The Labute approximate surface area is 162 Å². The van der Waals surface area contributed by atoms with Crippen LogP contribution in [0, 0.1) is 0 Å². The lowest BCUT2D eigenvalue weighted by molar-refractivity contribution is 0.0247. The first-order valence-corrected chi connectivity index (χ1v) is 8.23. The van der Waals surface area contributed by atoms with Gasteiger partial charge in [0.15, 0.2) is 0 Å². The molecular weight excluding hydrogens is 425 g/mol. The van der Waals surface area contributed by atoms with Crippen LogP contribution in [-0.2, 0) is 9.47 Å². The summed E-state index contributed by atoms with van der Waals surface area (Å²) in [6.45, 7) is 8.56. The first kappa shape index (κ1) is 23.2. The van der Waals surface area contributed by atoms with E-state index in [2.05, 4.69) is 4.90 Å². The van der Waals surface area contributed by atoms with Crippen LogP contribution >= 0.6 is 24.0 Å². The highest BCUT2D eigenvalue weighted by Crippen LogP contribution is 2.10. The number of rotatable bonds is 5. The fourth-order valence-corrected chi connectivity index (χ4v) is 2.17. The van der Waals surface area contributed by atoms with Crippen LogP contribution in [0.5, 0.6) is 0 Å². The molecule has 0 saturated carbocycles. The molecule has 0 unspecified atom stereocenters. The monoisotopic (exact) mass is 457 g/mol. The largest absolute Gasteiger partial charge is 0.444 e. The zero-order valence-corrected chi connectivity index (χ0v) is 17.9. The number of hydrogen-bond donors (Lipinski definition) is 0. The predicted octanol–water partition coefficient (Wildman–Crippen LogP) is 2.98. The fourth-order valence-electron chi connectivity index (χ4n) is 2.17. The Balaban J connectivity index is 0.00000529. The number of piperidine rings is 1. The van der Waals surface area contributed by atoms with Crippen molar-refractivity contribution in [1.29, 1.82) is 0 Å². The Hall–Kier alpha value is -0.770. The van der Waals surface area contributed by atoms with E-state index in [0.29, 0.717) is 19.8 Å². The number of amides is 2. The standard InChI is InChI=1S/C16H31N3O4.HI/c1-16(2,3)23-15(21)18(5)12-11-17(4)14(20)22-13-19-9-7-6-8-10-19;/h6-13H2,1-5H3;1H. The molecule has 1 saturated heterocycles. The average molecular weight is 457 g/mol. The van der Waals surface area contributed by atoms with E-state index in [1.807, 2.05) is 20.8 Å². The zero-order valence-electron chi connectivity index (χ0n) is 15.5. The van der Waals surface area contributed by atoms with Crippen molar-refractivity contribution in [3.63, 3.8) is 0 Å². The minimum Gasteiger partial charge on any atom is -0.444 e. The minimum atomic E-state index is -0.523. The molecule has 7 nitrogen and oxygen atoms in total. The van der Waals surface area contributed by atoms with E-state index >= 15 is 0 Å². The summed E-state index contributed by atoms with van der Waals surface area (Å²) in [7, 11) is 3.32. The number of carbonyl (C=O) groups is 2. The minimum absolute atomic E-state index is 0. The second-order valence-electron chi connectivity index (χ2n) is 7.04. The van der Waals surface area contributed by atoms with Gasteiger partial charge in [0.1, 0.15) is 12.3 Å². The summed E-state index contributed by atoms with van der Waals surface area (Å²) in [5.41, 5.74) is -0.523. The van der Waals surface area contributed by atoms with Gasteiger partial charge in [-0.2, -0.15) is 0 Å². The van der Waals surface area contributed by atoms with Crippen molar-refractivity contribution >= 4 is 36.2 Å². The van der Waals surface area contributed by atoms with E-state index in [1.54, 1.807) is 14.1 Å². The molecule has 1 fully saturated rings. The lowest BCUT2D eigenvalue weighted by atomic mass is 10.1. The summed E-state index contributed by atoms with van der Waals surface area (Å²) in [6.07, 6.45) is 2.81. The molecule has 142 valence electrons. The SMILES string of the molecule is CN(CCN(C)C(=O)OC(C)(C)C)C(=O)OCN1CCCCC1.I. The van der Waals surface area contributed by atoms with Gasteiger partial charge in [-0.25, -0.2) is 9.59 Å². The van der Waals surface area contributed by atoms with Crippen molar-refractivity contribution < 1.29 is 19.1 Å². The van der Waals surface area contributed by atoms with Crippen LogP contribution in [0.4, 0.5) is 9.59 Å². The summed E-state index contributed by atoms with van der Waals surface area (Å²) in [4.78, 5) is 28.9. The number of likely N-dealkylation sites (N-methyl/N-ethyl adjacent to an activating group) is 2. The molecule has 0 aliphatic carbocycles. The van der Waals surface area contributed by atoms with Gasteiger partial charge in [-0.1, -0.05) is 6.42 Å². The van der Waals surface area contributed by atoms with E-state index in [4.69, 9.17) is 9.47 Å². The second kappa shape index (κ2) is 11.0. The van der Waals surface area contributed by atoms with E-state index < -0.39 is 11.7 Å². The molecule has 0 aromatic heterocycles. The van der Waals surface area contributed by atoms with Crippen LogP contribution in [0.25, 0.3) is 0 Å². The Morgan fingerprint density at radius 3 is 1.96 bits per heavy atom. The van der Waals surface area contributed by atoms with E-state index in [0.717, 1.165) is 25.9 Å². The van der Waals surface area contributed by atoms with Gasteiger partial charge in [-0.3, -0.25) is 4.90 Å². The van der Waals surface area contributed by atoms with Crippen molar-refractivity contribution in [3.8, 4) is 0 Å². The second-order valence-corrected chi connectivity index (χ2v) is 7.04. The molecule has 0 aromatic carbocycles. The van der Waals surface area contributed by atoms with Crippen LogP contribution < -0.4 is 0 Å². The molecule has 2 amide bonds. The van der Waals surface area contributed by atoms with Crippen molar-refractivity contribution in [1.82, 2.24) is 14.7 Å². The van der Waals surface area contributed by atoms with Crippen molar-refractivity contribution in [3.05, 3.63) is 0 Å². The molecule has 8 heteroatoms. The van der Waals surface area contributed by atoms with E-state index in [-0.39, 0.29) is 30.1 Å². The number of hydrogen-bond acceptors (Lipinski definition) is 5. The predicted molar refractivity (Wildman–Crippen MR) is 104 cm³/mol. The van der Waals surface area contributed by atoms with E-state index in [9.17, 15) is 9.59 Å². The number of nitrogens with zero attached hydrogens (tertiary/aromatic N) is 3. The molecule has 0 radical (unpaired) electrons. The van der Waals surface area contributed by atoms with Crippen LogP contribution in [0.1, 0.15) is 40.0 Å². The highest BCUT2D eigenvalue weighted by Gasteiger charge is 2.20. The maximum absolute atomic E-state index is 11.9. The van der Waals surface area contributed by atoms with Gasteiger partial charge in [0.2, 0.25) is 0 Å². The first-order valence-electron chi connectivity index (χ1n) is 8.23. The van der Waals surface area contributed by atoms with Crippen LogP contribution in [0.15, 0.2) is 0 Å². The van der Waals surface area contributed by atoms with Gasteiger partial charge in [0, 0.05) is 40.3 Å². The third-order valence-electron chi connectivity index (χ3n) is 3.61. The quantitative estimate of drug-likeness (QED) is 0.595. The third kappa shape index (κ3) is 9.51. The summed E-state index contributed by atoms with van der Waals surface area (Å²) in [5.74, 6) is 0. The Bertz CT molecular complexity index is 395. The number of ether oxygens (including phenoxy) is 2. The molecule has 0 spiro atoms. The lowest BCUT2D eigenvalue weighted by Crippen LogP contribution is -2.41. The highest BCUT2D eigenvalue weighted by molar-refractivity contribution is 14.0. The zero-order chi connectivity index (χ0) is 17.5. The topological polar surface area (TPSA) is 62.3 Å². The maximum atomic E-state index is 11.9. The van der Waals surface area contributed by atoms with Crippen molar-refractivity contribution in [2.45, 2.75) is 45.6 Å². The summed E-state index contributed by atoms with van der Waals surface area (Å²) < 4.78 is 10.6. The van der Waals surface area contributed by atoms with Gasteiger partial charge in [0.25, 0.3) is 0 Å². The molecular formula is C16H32IN3O4. The van der Waals surface area contributed by atoms with Crippen LogP contribution in [0.2, 0.25) is 0 Å². The van der Waals surface area contributed by atoms with Gasteiger partial charge in [-0.15, -0.1) is 24.0 Å². The smallest absolute Gasteiger partial charge is 0.410 e. The summed E-state index contributed by atoms with van der Waals surface area (Å²) >= 11 is 0. The Kier molecular flexibility index (Phi) is 10.6. The van der Waals surface area contributed by atoms with Crippen LogP contribution in [0.3, 0.4) is 0 Å². The molecule has 24 heavy (non-hydrogen) atoms. The molecule has 1 aliphatic rings. The molecule has 1 aliphatic heterocycles. The van der Waals surface area contributed by atoms with E-state index in [1.165, 1.54) is 16.2 Å². The third-order valence-corrected chi connectivity index (χ3v) is 3.61. The molecule has 0 aromatic rings. The molecule has 1 heterocycles. The lowest BCUT2D eigenvalue weighted by Gasteiger charge is -2.28. The molecule has 0 atom stereocenters. The van der Waals surface area contributed by atoms with Gasteiger partial charge in [0.05, 0.1) is 0 Å². The molecule has 0 N–H and O–H groups in total. The molecule has 0 bridgehead atoms. The van der Waals surface area contributed by atoms with Crippen molar-refractivity contribution in [2.24, 2.45) is 0 Å². The Morgan fingerprint density at radius 1 is 0.958 bits per heavy atom. The summed E-state index contributed by atoms with van der Waals surface area (Å²) in [6, 6.07) is 0. The Morgan fingerprint density at radius 2 is 1.46 bits per heavy atom. The average Bonchev–Trinajstić information content (AvgIpc) is 2.49. The number of likely N-dealkylation sites (tertiary alicyclic amines) is 1. The normalized spacial score (nSPS) is 15.2. The summed E-state index contributed by atoms with van der Waals surface area (Å²) in [5, 5.41) is 0.